The monoisotopic (exact) mass is 361 g/mol. The quantitative estimate of drug-likeness (QED) is 0.544. The van der Waals surface area contributed by atoms with Crippen molar-refractivity contribution in [1.29, 1.82) is 0 Å². The maximum atomic E-state index is 12.8. The summed E-state index contributed by atoms with van der Waals surface area (Å²) in [7, 11) is 0. The Kier molecular flexibility index (Phi) is 4.19. The molecule has 5 heteroatoms. The molecule has 0 aliphatic heterocycles. The molecule has 26 heavy (non-hydrogen) atoms. The summed E-state index contributed by atoms with van der Waals surface area (Å²) in [6.07, 6.45) is 1.91. The normalized spacial score (nSPS) is 10.8. The van der Waals surface area contributed by atoms with E-state index in [4.69, 9.17) is 16.6 Å². The number of rotatable bonds is 3. The molecule has 2 heterocycles. The maximum Gasteiger partial charge on any atom is 0.258 e. The molecule has 0 saturated heterocycles. The van der Waals surface area contributed by atoms with Crippen molar-refractivity contribution < 1.29 is 4.79 Å². The summed E-state index contributed by atoms with van der Waals surface area (Å²) in [4.78, 5) is 17.5. The highest BCUT2D eigenvalue weighted by Crippen LogP contribution is 2.30. The predicted molar refractivity (Wildman–Crippen MR) is 105 cm³/mol. The number of imidazole rings is 1. The number of carbonyl (C=O) groups is 1. The summed E-state index contributed by atoms with van der Waals surface area (Å²) in [5.41, 5.74) is 3.96. The van der Waals surface area contributed by atoms with Gasteiger partial charge in [0.25, 0.3) is 5.91 Å². The lowest BCUT2D eigenvalue weighted by Crippen LogP contribution is -2.14. The summed E-state index contributed by atoms with van der Waals surface area (Å²) in [5.74, 6) is 0.353. The number of aromatic nitrogens is 2. The number of halogens is 1. The van der Waals surface area contributed by atoms with Crippen LogP contribution < -0.4 is 5.32 Å². The van der Waals surface area contributed by atoms with E-state index in [2.05, 4.69) is 5.32 Å². The Balaban J connectivity index is 1.85. The van der Waals surface area contributed by atoms with Gasteiger partial charge in [-0.2, -0.15) is 0 Å². The Morgan fingerprint density at radius 3 is 2.54 bits per heavy atom. The third-order valence-electron chi connectivity index (χ3n) is 4.18. The summed E-state index contributed by atoms with van der Waals surface area (Å²) in [6, 6.07) is 20.7. The number of nitrogens with one attached hydrogen (secondary N) is 1. The molecule has 0 atom stereocenters. The second-order valence-electron chi connectivity index (χ2n) is 6.04. The van der Waals surface area contributed by atoms with Crippen LogP contribution in [0.15, 0.2) is 72.9 Å². The van der Waals surface area contributed by atoms with E-state index in [-0.39, 0.29) is 5.91 Å². The van der Waals surface area contributed by atoms with Crippen LogP contribution in [-0.4, -0.2) is 15.3 Å². The van der Waals surface area contributed by atoms with Crippen molar-refractivity contribution >= 4 is 29.0 Å². The van der Waals surface area contributed by atoms with Crippen LogP contribution in [0.2, 0.25) is 5.02 Å². The summed E-state index contributed by atoms with van der Waals surface area (Å²) >= 11 is 6.17. The van der Waals surface area contributed by atoms with Crippen LogP contribution >= 0.6 is 11.6 Å². The molecule has 2 aromatic carbocycles. The summed E-state index contributed by atoms with van der Waals surface area (Å²) < 4.78 is 1.88. The van der Waals surface area contributed by atoms with E-state index in [1.165, 1.54) is 0 Å². The first-order chi connectivity index (χ1) is 12.6. The topological polar surface area (TPSA) is 46.4 Å². The lowest BCUT2D eigenvalue weighted by molar-refractivity contribution is 0.102. The fraction of sp³-hybridized carbons (Fsp3) is 0.0476. The van der Waals surface area contributed by atoms with Gasteiger partial charge in [-0.1, -0.05) is 54.1 Å². The average Bonchev–Trinajstić information content (AvgIpc) is 3.00. The minimum Gasteiger partial charge on any atom is -0.306 e. The number of nitrogens with zero attached hydrogens (tertiary/aromatic N) is 2. The number of aryl methyl sites for hydroxylation is 1. The number of anilines is 1. The highest BCUT2D eigenvalue weighted by atomic mass is 35.5. The third-order valence-corrected chi connectivity index (χ3v) is 4.51. The van der Waals surface area contributed by atoms with Gasteiger partial charge in [-0.05, 0) is 36.8 Å². The van der Waals surface area contributed by atoms with Crippen molar-refractivity contribution in [2.24, 2.45) is 0 Å². The molecule has 1 amide bonds. The first-order valence-corrected chi connectivity index (χ1v) is 8.61. The Hall–Kier alpha value is -3.11. The van der Waals surface area contributed by atoms with Crippen LogP contribution in [0, 0.1) is 6.92 Å². The van der Waals surface area contributed by atoms with Crippen LogP contribution in [0.5, 0.6) is 0 Å². The molecular weight excluding hydrogens is 346 g/mol. The van der Waals surface area contributed by atoms with Gasteiger partial charge >= 0.3 is 0 Å². The molecule has 0 aliphatic carbocycles. The third kappa shape index (κ3) is 2.95. The Labute approximate surface area is 156 Å². The van der Waals surface area contributed by atoms with Gasteiger partial charge in [0.05, 0.1) is 10.6 Å². The van der Waals surface area contributed by atoms with E-state index in [0.717, 1.165) is 22.5 Å². The maximum absolute atomic E-state index is 12.8. The number of pyridine rings is 1. The highest BCUT2D eigenvalue weighted by molar-refractivity contribution is 6.34. The zero-order valence-electron chi connectivity index (χ0n) is 14.1. The molecular formula is C21H16ClN3O. The van der Waals surface area contributed by atoms with Crippen LogP contribution in [0.25, 0.3) is 16.9 Å². The standard InChI is InChI=1S/C21H16ClN3O/c1-14-11-12-25-18(13-14)23-19(15-7-3-2-4-8-15)20(25)24-21(26)16-9-5-6-10-17(16)22/h2-13H,1H3,(H,24,26). The first kappa shape index (κ1) is 16.4. The van der Waals surface area contributed by atoms with Crippen molar-refractivity contribution in [3.8, 4) is 11.3 Å². The number of hydrogen-bond acceptors (Lipinski definition) is 2. The van der Waals surface area contributed by atoms with Gasteiger partial charge in [0.2, 0.25) is 0 Å². The smallest absolute Gasteiger partial charge is 0.258 e. The van der Waals surface area contributed by atoms with E-state index in [9.17, 15) is 4.79 Å². The molecule has 0 bridgehead atoms. The SMILES string of the molecule is Cc1ccn2c(NC(=O)c3ccccc3Cl)c(-c3ccccc3)nc2c1. The van der Waals surface area contributed by atoms with Gasteiger partial charge in [-0.15, -0.1) is 0 Å². The Morgan fingerprint density at radius 1 is 1.04 bits per heavy atom. The van der Waals surface area contributed by atoms with E-state index in [1.807, 2.05) is 60.0 Å². The van der Waals surface area contributed by atoms with Gasteiger partial charge in [0.1, 0.15) is 17.2 Å². The van der Waals surface area contributed by atoms with Gasteiger partial charge < -0.3 is 5.32 Å². The fourth-order valence-electron chi connectivity index (χ4n) is 2.88. The van der Waals surface area contributed by atoms with Gasteiger partial charge in [-0.25, -0.2) is 4.98 Å². The Bertz CT molecular complexity index is 1100. The average molecular weight is 362 g/mol. The van der Waals surface area contributed by atoms with Crippen LogP contribution in [0.1, 0.15) is 15.9 Å². The molecule has 0 fully saturated rings. The van der Waals surface area contributed by atoms with Crippen LogP contribution in [-0.2, 0) is 0 Å². The summed E-state index contributed by atoms with van der Waals surface area (Å²) in [6.45, 7) is 2.01. The second kappa shape index (κ2) is 6.65. The van der Waals surface area contributed by atoms with E-state index >= 15 is 0 Å². The van der Waals surface area contributed by atoms with Crippen molar-refractivity contribution in [3.63, 3.8) is 0 Å². The van der Waals surface area contributed by atoms with E-state index < -0.39 is 0 Å². The molecule has 0 radical (unpaired) electrons. The molecule has 2 aromatic heterocycles. The molecule has 4 rings (SSSR count). The second-order valence-corrected chi connectivity index (χ2v) is 6.45. The van der Waals surface area contributed by atoms with Gasteiger partial charge in [0, 0.05) is 11.8 Å². The fourth-order valence-corrected chi connectivity index (χ4v) is 3.11. The van der Waals surface area contributed by atoms with E-state index in [1.54, 1.807) is 24.3 Å². The molecule has 0 saturated carbocycles. The predicted octanol–water partition coefficient (Wildman–Crippen LogP) is 5.22. The van der Waals surface area contributed by atoms with E-state index in [0.29, 0.717) is 16.4 Å². The van der Waals surface area contributed by atoms with Crippen LogP contribution in [0.4, 0.5) is 5.82 Å². The van der Waals surface area contributed by atoms with Gasteiger partial charge in [0.15, 0.2) is 0 Å². The molecule has 0 unspecified atom stereocenters. The minimum absolute atomic E-state index is 0.268. The lowest BCUT2D eigenvalue weighted by atomic mass is 10.1. The van der Waals surface area contributed by atoms with Crippen molar-refractivity contribution in [1.82, 2.24) is 9.38 Å². The number of amides is 1. The minimum atomic E-state index is -0.268. The first-order valence-electron chi connectivity index (χ1n) is 8.23. The number of hydrogen-bond donors (Lipinski definition) is 1. The van der Waals surface area contributed by atoms with Crippen molar-refractivity contribution in [2.45, 2.75) is 6.92 Å². The summed E-state index contributed by atoms with van der Waals surface area (Å²) in [5, 5.41) is 3.40. The molecule has 0 aliphatic rings. The number of benzene rings is 2. The molecule has 1 N–H and O–H groups in total. The Morgan fingerprint density at radius 2 is 1.77 bits per heavy atom. The highest BCUT2D eigenvalue weighted by Gasteiger charge is 2.18. The molecule has 4 aromatic rings. The largest absolute Gasteiger partial charge is 0.306 e. The van der Waals surface area contributed by atoms with Crippen molar-refractivity contribution in [2.75, 3.05) is 5.32 Å². The van der Waals surface area contributed by atoms with Gasteiger partial charge in [-0.3, -0.25) is 9.20 Å². The zero-order chi connectivity index (χ0) is 18.1. The number of carbonyl (C=O) groups excluding carboxylic acids is 1. The molecule has 128 valence electrons. The van der Waals surface area contributed by atoms with Crippen molar-refractivity contribution in [3.05, 3.63) is 89.1 Å². The molecule has 0 spiro atoms. The zero-order valence-corrected chi connectivity index (χ0v) is 14.9. The van der Waals surface area contributed by atoms with Crippen LogP contribution in [0.3, 0.4) is 0 Å². The lowest BCUT2D eigenvalue weighted by Gasteiger charge is -2.09. The molecule has 4 nitrogen and oxygen atoms in total. The number of fused-ring (bicyclic) bond motifs is 1.